The van der Waals surface area contributed by atoms with E-state index in [0.717, 1.165) is 0 Å². The molecule has 0 aromatic carbocycles. The molecule has 1 atom stereocenters. The van der Waals surface area contributed by atoms with Crippen molar-refractivity contribution in [2.24, 2.45) is 10.7 Å². The average Bonchev–Trinajstić information content (AvgIpc) is 2.70. The van der Waals surface area contributed by atoms with Crippen molar-refractivity contribution >= 4 is 23.2 Å². The molecule has 0 saturated heterocycles. The molecule has 0 bridgehead atoms. The van der Waals surface area contributed by atoms with Gasteiger partial charge in [-0.05, 0) is 0 Å². The molecule has 2 rings (SSSR count). The second-order valence-corrected chi connectivity index (χ2v) is 3.42. The van der Waals surface area contributed by atoms with E-state index in [-0.39, 0.29) is 11.9 Å². The Morgan fingerprint density at radius 2 is 2.46 bits per heavy atom. The summed E-state index contributed by atoms with van der Waals surface area (Å²) in [7, 11) is 1.60. The van der Waals surface area contributed by atoms with Crippen molar-refractivity contribution < 1.29 is 4.79 Å². The van der Waals surface area contributed by atoms with Gasteiger partial charge in [-0.2, -0.15) is 0 Å². The summed E-state index contributed by atoms with van der Waals surface area (Å²) in [6.45, 7) is 0. The first-order valence-electron chi connectivity index (χ1n) is 3.69. The van der Waals surface area contributed by atoms with Crippen molar-refractivity contribution in [1.29, 1.82) is 0 Å². The molecule has 1 aromatic heterocycles. The molecule has 2 heterocycles. The van der Waals surface area contributed by atoms with E-state index in [0.29, 0.717) is 5.69 Å². The zero-order valence-corrected chi connectivity index (χ0v) is 7.78. The summed E-state index contributed by atoms with van der Waals surface area (Å²) in [6.07, 6.45) is 0. The molecule has 5 nitrogen and oxygen atoms in total. The van der Waals surface area contributed by atoms with E-state index in [2.05, 4.69) is 9.98 Å². The molecule has 13 heavy (non-hydrogen) atoms. The van der Waals surface area contributed by atoms with Crippen LogP contribution in [0.1, 0.15) is 11.7 Å². The molecule has 1 amide bonds. The van der Waals surface area contributed by atoms with Gasteiger partial charge in [-0.3, -0.25) is 9.69 Å². The fourth-order valence-electron chi connectivity index (χ4n) is 1.12. The van der Waals surface area contributed by atoms with E-state index in [1.807, 2.05) is 0 Å². The number of hydrogen-bond acceptors (Lipinski definition) is 5. The first kappa shape index (κ1) is 8.18. The average molecular weight is 196 g/mol. The van der Waals surface area contributed by atoms with E-state index >= 15 is 0 Å². The smallest absolute Gasteiger partial charge is 0.260 e. The molecular formula is C7H8N4OS. The quantitative estimate of drug-likeness (QED) is 0.685. The van der Waals surface area contributed by atoms with Crippen molar-refractivity contribution in [3.05, 3.63) is 16.6 Å². The van der Waals surface area contributed by atoms with Gasteiger partial charge in [-0.25, -0.2) is 9.98 Å². The van der Waals surface area contributed by atoms with Crippen molar-refractivity contribution in [2.75, 3.05) is 7.05 Å². The van der Waals surface area contributed by atoms with Crippen LogP contribution in [0.2, 0.25) is 0 Å². The van der Waals surface area contributed by atoms with E-state index in [4.69, 9.17) is 5.73 Å². The number of likely N-dealkylation sites (N-methyl/N-ethyl adjacent to an activating group) is 1. The number of thiazole rings is 1. The first-order chi connectivity index (χ1) is 6.20. The maximum absolute atomic E-state index is 11.5. The van der Waals surface area contributed by atoms with Crippen LogP contribution >= 0.6 is 11.3 Å². The summed E-state index contributed by atoms with van der Waals surface area (Å²) in [4.78, 5) is 20.9. The van der Waals surface area contributed by atoms with Gasteiger partial charge in [0, 0.05) is 12.4 Å². The largest absolute Gasteiger partial charge is 0.369 e. The lowest BCUT2D eigenvalue weighted by Crippen LogP contribution is -2.34. The molecule has 1 unspecified atom stereocenters. The Hall–Kier alpha value is -1.43. The van der Waals surface area contributed by atoms with Crippen LogP contribution < -0.4 is 5.73 Å². The van der Waals surface area contributed by atoms with E-state index < -0.39 is 6.04 Å². The van der Waals surface area contributed by atoms with Gasteiger partial charge in [0.1, 0.15) is 0 Å². The number of guanidine groups is 1. The molecule has 1 aliphatic heterocycles. The van der Waals surface area contributed by atoms with Crippen LogP contribution in [0.25, 0.3) is 0 Å². The summed E-state index contributed by atoms with van der Waals surface area (Å²) in [6, 6.07) is -0.531. The lowest BCUT2D eigenvalue weighted by molar-refractivity contribution is -0.126. The number of carbonyl (C=O) groups is 1. The van der Waals surface area contributed by atoms with E-state index in [1.165, 1.54) is 16.2 Å². The summed E-state index contributed by atoms with van der Waals surface area (Å²) in [5.74, 6) is 0.131. The SMILES string of the molecule is CN1C(=O)C(c2cscn2)N=C1N. The number of aliphatic imine (C=N–C) groups is 1. The fourth-order valence-corrected chi connectivity index (χ4v) is 1.69. The molecule has 6 heteroatoms. The van der Waals surface area contributed by atoms with Gasteiger partial charge in [0.2, 0.25) is 0 Å². The molecule has 0 fully saturated rings. The monoisotopic (exact) mass is 196 g/mol. The Kier molecular flexibility index (Phi) is 1.77. The van der Waals surface area contributed by atoms with Gasteiger partial charge in [0.05, 0.1) is 11.2 Å². The third kappa shape index (κ3) is 1.19. The normalized spacial score (nSPS) is 22.2. The second-order valence-electron chi connectivity index (χ2n) is 2.70. The van der Waals surface area contributed by atoms with Gasteiger partial charge >= 0.3 is 0 Å². The van der Waals surface area contributed by atoms with Gasteiger partial charge < -0.3 is 5.73 Å². The van der Waals surface area contributed by atoms with Crippen LogP contribution in [-0.2, 0) is 4.79 Å². The molecule has 0 aliphatic carbocycles. The molecule has 68 valence electrons. The Morgan fingerprint density at radius 3 is 2.92 bits per heavy atom. The van der Waals surface area contributed by atoms with Crippen LogP contribution in [0.3, 0.4) is 0 Å². The molecule has 0 saturated carbocycles. The van der Waals surface area contributed by atoms with Crippen LogP contribution in [0.4, 0.5) is 0 Å². The van der Waals surface area contributed by atoms with Gasteiger partial charge in [0.15, 0.2) is 12.0 Å². The number of amides is 1. The standard InChI is InChI=1S/C7H8N4OS/c1-11-6(12)5(10-7(11)8)4-2-13-3-9-4/h2-3,5H,1H3,(H2,8,10). The number of aromatic nitrogens is 1. The van der Waals surface area contributed by atoms with Crippen LogP contribution in [0, 0.1) is 0 Å². The highest BCUT2D eigenvalue weighted by molar-refractivity contribution is 7.07. The van der Waals surface area contributed by atoms with Gasteiger partial charge in [-0.15, -0.1) is 11.3 Å². The minimum absolute atomic E-state index is 0.122. The minimum atomic E-state index is -0.531. The summed E-state index contributed by atoms with van der Waals surface area (Å²) in [5.41, 5.74) is 7.84. The summed E-state index contributed by atoms with van der Waals surface area (Å²) in [5, 5.41) is 1.80. The predicted octanol–water partition coefficient (Wildman–Crippen LogP) is -0.0291. The lowest BCUT2D eigenvalue weighted by Gasteiger charge is -2.07. The number of nitrogens with two attached hydrogens (primary N) is 1. The predicted molar refractivity (Wildman–Crippen MR) is 49.2 cm³/mol. The molecule has 2 N–H and O–H groups in total. The van der Waals surface area contributed by atoms with Crippen LogP contribution in [-0.4, -0.2) is 28.8 Å². The van der Waals surface area contributed by atoms with Gasteiger partial charge in [0.25, 0.3) is 5.91 Å². The Balaban J connectivity index is 2.33. The van der Waals surface area contributed by atoms with Crippen molar-refractivity contribution in [2.45, 2.75) is 6.04 Å². The van der Waals surface area contributed by atoms with Crippen LogP contribution in [0.15, 0.2) is 15.9 Å². The van der Waals surface area contributed by atoms with Crippen molar-refractivity contribution in [1.82, 2.24) is 9.88 Å². The topological polar surface area (TPSA) is 71.6 Å². The number of rotatable bonds is 1. The van der Waals surface area contributed by atoms with E-state index in [9.17, 15) is 4.79 Å². The first-order valence-corrected chi connectivity index (χ1v) is 4.63. The van der Waals surface area contributed by atoms with Crippen LogP contribution in [0.5, 0.6) is 0 Å². The minimum Gasteiger partial charge on any atom is -0.369 e. The highest BCUT2D eigenvalue weighted by atomic mass is 32.1. The zero-order valence-electron chi connectivity index (χ0n) is 6.97. The molecule has 0 spiro atoms. The second kappa shape index (κ2) is 2.81. The van der Waals surface area contributed by atoms with E-state index in [1.54, 1.807) is 17.9 Å². The third-order valence-corrected chi connectivity index (χ3v) is 2.51. The highest BCUT2D eigenvalue weighted by Gasteiger charge is 2.32. The number of hydrogen-bond donors (Lipinski definition) is 1. The third-order valence-electron chi connectivity index (χ3n) is 1.90. The zero-order chi connectivity index (χ0) is 9.42. The van der Waals surface area contributed by atoms with Gasteiger partial charge in [-0.1, -0.05) is 0 Å². The maximum atomic E-state index is 11.5. The maximum Gasteiger partial charge on any atom is 0.260 e. The molecular weight excluding hydrogens is 188 g/mol. The molecule has 1 aliphatic rings. The van der Waals surface area contributed by atoms with Crippen molar-refractivity contribution in [3.63, 3.8) is 0 Å². The molecule has 1 aromatic rings. The Labute approximate surface area is 78.9 Å². The number of nitrogens with zero attached hydrogens (tertiary/aromatic N) is 3. The summed E-state index contributed by atoms with van der Waals surface area (Å²) >= 11 is 1.44. The Bertz CT molecular complexity index is 359. The number of carbonyl (C=O) groups excluding carboxylic acids is 1. The highest BCUT2D eigenvalue weighted by Crippen LogP contribution is 2.23. The summed E-state index contributed by atoms with van der Waals surface area (Å²) < 4.78 is 0. The Morgan fingerprint density at radius 1 is 1.69 bits per heavy atom. The lowest BCUT2D eigenvalue weighted by atomic mass is 10.2. The van der Waals surface area contributed by atoms with Crippen molar-refractivity contribution in [3.8, 4) is 0 Å². The molecule has 0 radical (unpaired) electrons. The fraction of sp³-hybridized carbons (Fsp3) is 0.286.